The molecule has 12 heteroatoms. The fourth-order valence-electron chi connectivity index (χ4n) is 2.43. The van der Waals surface area contributed by atoms with E-state index in [1.54, 1.807) is 13.8 Å². The average molecular weight is 422 g/mol. The van der Waals surface area contributed by atoms with Crippen LogP contribution in [-0.2, 0) is 26.7 Å². The lowest BCUT2D eigenvalue weighted by Gasteiger charge is -2.13. The van der Waals surface area contributed by atoms with Crippen LogP contribution in [0.25, 0.3) is 0 Å². The molecule has 0 radical (unpaired) electrons. The zero-order valence-corrected chi connectivity index (χ0v) is 16.3. The maximum Gasteiger partial charge on any atom is 0.298 e. The van der Waals surface area contributed by atoms with Gasteiger partial charge >= 0.3 is 0 Å². The van der Waals surface area contributed by atoms with E-state index >= 15 is 0 Å². The summed E-state index contributed by atoms with van der Waals surface area (Å²) in [5.74, 6) is -1.21. The molecule has 152 valence electrons. The highest BCUT2D eigenvalue weighted by Crippen LogP contribution is 2.31. The molecule has 0 aliphatic heterocycles. The molecule has 0 spiro atoms. The highest BCUT2D eigenvalue weighted by molar-refractivity contribution is 7.86. The normalized spacial score (nSPS) is 11.4. The summed E-state index contributed by atoms with van der Waals surface area (Å²) in [6, 6.07) is 4.49. The second-order valence-corrected chi connectivity index (χ2v) is 8.40. The van der Waals surface area contributed by atoms with Gasteiger partial charge in [0.2, 0.25) is 0 Å². The van der Waals surface area contributed by atoms with Crippen molar-refractivity contribution in [1.82, 2.24) is 12.3 Å². The Morgan fingerprint density at radius 3 is 1.26 bits per heavy atom. The van der Waals surface area contributed by atoms with Crippen molar-refractivity contribution < 1.29 is 36.2 Å². The van der Waals surface area contributed by atoms with Gasteiger partial charge in [-0.25, -0.2) is 0 Å². The molecule has 0 atom stereocenters. The van der Waals surface area contributed by atoms with Crippen LogP contribution in [0, 0.1) is 13.8 Å². The molecule has 0 amide bonds. The quantitative estimate of drug-likeness (QED) is 0.394. The Balaban J connectivity index is 0.00000338. The van der Waals surface area contributed by atoms with Gasteiger partial charge in [-0.2, -0.15) is 16.8 Å². The SMILES string of the molecule is Cc1cc(O)c(S(=O)(=O)O)cc1Cc1cc(S(=O)(=O)O)c(O)cc1C.N.N. The summed E-state index contributed by atoms with van der Waals surface area (Å²) < 4.78 is 63.6. The van der Waals surface area contributed by atoms with Crippen molar-refractivity contribution in [1.29, 1.82) is 0 Å². The van der Waals surface area contributed by atoms with E-state index in [4.69, 9.17) is 9.11 Å². The van der Waals surface area contributed by atoms with Crippen LogP contribution >= 0.6 is 0 Å². The van der Waals surface area contributed by atoms with Crippen LogP contribution in [0.1, 0.15) is 22.3 Å². The van der Waals surface area contributed by atoms with Gasteiger partial charge in [-0.05, 0) is 66.8 Å². The lowest BCUT2D eigenvalue weighted by molar-refractivity contribution is 0.441. The molecule has 0 aromatic heterocycles. The second kappa shape index (κ2) is 8.21. The summed E-state index contributed by atoms with van der Waals surface area (Å²) in [6.07, 6.45) is 0.0449. The van der Waals surface area contributed by atoms with Crippen molar-refractivity contribution in [2.75, 3.05) is 0 Å². The molecule has 0 unspecified atom stereocenters. The molecular formula is C15H22N2O8S2. The summed E-state index contributed by atoms with van der Waals surface area (Å²) in [4.78, 5) is -1.33. The molecule has 0 bridgehead atoms. The third-order valence-electron chi connectivity index (χ3n) is 3.77. The first-order chi connectivity index (χ1) is 11.3. The first-order valence-corrected chi connectivity index (χ1v) is 9.78. The van der Waals surface area contributed by atoms with Crippen LogP contribution in [0.3, 0.4) is 0 Å². The monoisotopic (exact) mass is 422 g/mol. The van der Waals surface area contributed by atoms with Gasteiger partial charge in [-0.1, -0.05) is 0 Å². The van der Waals surface area contributed by atoms with Crippen molar-refractivity contribution in [3.8, 4) is 11.5 Å². The van der Waals surface area contributed by atoms with E-state index in [1.165, 1.54) is 0 Å². The molecule has 2 aromatic carbocycles. The molecule has 0 saturated carbocycles. The van der Waals surface area contributed by atoms with Gasteiger partial charge in [0.15, 0.2) is 0 Å². The predicted molar refractivity (Wildman–Crippen MR) is 98.2 cm³/mol. The van der Waals surface area contributed by atoms with Gasteiger partial charge in [0.25, 0.3) is 20.2 Å². The van der Waals surface area contributed by atoms with Crippen LogP contribution in [0.2, 0.25) is 0 Å². The highest BCUT2D eigenvalue weighted by Gasteiger charge is 2.20. The first-order valence-electron chi connectivity index (χ1n) is 6.90. The van der Waals surface area contributed by atoms with E-state index in [2.05, 4.69) is 0 Å². The molecular weight excluding hydrogens is 400 g/mol. The topological polar surface area (TPSA) is 219 Å². The molecule has 0 saturated heterocycles. The maximum atomic E-state index is 11.3. The Hall–Kier alpha value is -2.22. The lowest BCUT2D eigenvalue weighted by atomic mass is 9.97. The highest BCUT2D eigenvalue weighted by atomic mass is 32.2. The Bertz CT molecular complexity index is 978. The van der Waals surface area contributed by atoms with Crippen LogP contribution in [0.15, 0.2) is 34.1 Å². The Labute approximate surface area is 157 Å². The van der Waals surface area contributed by atoms with Crippen LogP contribution in [0.4, 0.5) is 0 Å². The molecule has 2 rings (SSSR count). The lowest BCUT2D eigenvalue weighted by Crippen LogP contribution is -2.04. The van der Waals surface area contributed by atoms with Gasteiger partial charge in [-0.15, -0.1) is 0 Å². The minimum atomic E-state index is -4.64. The van der Waals surface area contributed by atoms with Crippen molar-refractivity contribution in [2.45, 2.75) is 30.1 Å². The van der Waals surface area contributed by atoms with Gasteiger partial charge in [0.05, 0.1) is 0 Å². The minimum Gasteiger partial charge on any atom is -0.506 e. The van der Waals surface area contributed by atoms with E-state index in [1.807, 2.05) is 0 Å². The van der Waals surface area contributed by atoms with E-state index in [9.17, 15) is 27.0 Å². The molecule has 0 aliphatic rings. The molecule has 0 heterocycles. The van der Waals surface area contributed by atoms with Gasteiger partial charge < -0.3 is 22.5 Å². The zero-order chi connectivity index (χ0) is 19.2. The van der Waals surface area contributed by atoms with E-state index < -0.39 is 41.5 Å². The Morgan fingerprint density at radius 2 is 1.00 bits per heavy atom. The van der Waals surface area contributed by atoms with Crippen molar-refractivity contribution in [2.24, 2.45) is 0 Å². The fraction of sp³-hybridized carbons (Fsp3) is 0.200. The Kier molecular flexibility index (Phi) is 7.53. The number of aromatic hydroxyl groups is 2. The van der Waals surface area contributed by atoms with Gasteiger partial charge in [-0.3, -0.25) is 9.11 Å². The molecule has 2 aromatic rings. The summed E-state index contributed by atoms with van der Waals surface area (Å²) in [5.41, 5.74) is 1.82. The standard InChI is InChI=1S/C15H16O8S2.2H3N/c1-8-3-12(16)14(24(18,19)20)6-10(8)5-11-7-15(25(21,22)23)13(17)4-9(11)2;;/h3-4,6-7,16-17H,5H2,1-2H3,(H,18,19,20)(H,21,22,23);2*1H3. The number of aryl methyl sites for hydroxylation is 2. The number of hydrogen-bond acceptors (Lipinski definition) is 8. The number of hydrogen-bond donors (Lipinski definition) is 6. The third kappa shape index (κ3) is 5.38. The van der Waals surface area contributed by atoms with Crippen LogP contribution in [-0.4, -0.2) is 36.2 Å². The number of rotatable bonds is 4. The molecule has 0 fully saturated rings. The zero-order valence-electron chi connectivity index (χ0n) is 14.7. The molecule has 10 N–H and O–H groups in total. The number of phenolic OH excluding ortho intramolecular Hbond substituents is 2. The van der Waals surface area contributed by atoms with Crippen LogP contribution < -0.4 is 12.3 Å². The number of benzene rings is 2. The summed E-state index contributed by atoms with van der Waals surface area (Å²) in [5, 5.41) is 19.3. The first kappa shape index (κ1) is 24.8. The summed E-state index contributed by atoms with van der Waals surface area (Å²) in [6.45, 7) is 3.20. The summed E-state index contributed by atoms with van der Waals surface area (Å²) in [7, 11) is -9.28. The van der Waals surface area contributed by atoms with Crippen LogP contribution in [0.5, 0.6) is 11.5 Å². The van der Waals surface area contributed by atoms with E-state index in [0.29, 0.717) is 22.3 Å². The maximum absolute atomic E-state index is 11.3. The largest absolute Gasteiger partial charge is 0.506 e. The van der Waals surface area contributed by atoms with Crippen molar-refractivity contribution in [3.05, 3.63) is 46.5 Å². The van der Waals surface area contributed by atoms with Crippen molar-refractivity contribution in [3.63, 3.8) is 0 Å². The molecule has 27 heavy (non-hydrogen) atoms. The molecule has 10 nitrogen and oxygen atoms in total. The third-order valence-corrected chi connectivity index (χ3v) is 5.54. The van der Waals surface area contributed by atoms with Crippen molar-refractivity contribution >= 4 is 20.2 Å². The van der Waals surface area contributed by atoms with Gasteiger partial charge in [0, 0.05) is 0 Å². The van der Waals surface area contributed by atoms with Gasteiger partial charge in [0.1, 0.15) is 21.3 Å². The second-order valence-electron chi connectivity index (χ2n) is 5.62. The predicted octanol–water partition coefficient (Wildman–Crippen LogP) is 2.12. The van der Waals surface area contributed by atoms with E-state index in [0.717, 1.165) is 24.3 Å². The minimum absolute atomic E-state index is 0. The number of phenols is 2. The Morgan fingerprint density at radius 1 is 0.704 bits per heavy atom. The molecule has 0 aliphatic carbocycles. The smallest absolute Gasteiger partial charge is 0.298 e. The fourth-order valence-corrected chi connectivity index (χ4v) is 3.66. The van der Waals surface area contributed by atoms with E-state index in [-0.39, 0.29) is 18.7 Å². The summed E-state index contributed by atoms with van der Waals surface area (Å²) >= 11 is 0. The average Bonchev–Trinajstić information content (AvgIpc) is 2.41.